The lowest BCUT2D eigenvalue weighted by Crippen LogP contribution is -2.36. The highest BCUT2D eigenvalue weighted by molar-refractivity contribution is 7.92. The number of aromatic nitrogens is 2. The van der Waals surface area contributed by atoms with Crippen molar-refractivity contribution < 1.29 is 21.9 Å². The maximum Gasteiger partial charge on any atom is 0.262 e. The molecule has 1 aliphatic rings. The molecule has 1 fully saturated rings. The highest BCUT2D eigenvalue weighted by atomic mass is 32.2. The average molecular weight is 461 g/mol. The Morgan fingerprint density at radius 3 is 2.22 bits per heavy atom. The van der Waals surface area contributed by atoms with Gasteiger partial charge >= 0.3 is 0 Å². The standard InChI is InChI=1S/C21H21F2N5O3S/c1-14-10-20(28-6-8-31-9-7-28)26-21(24-14)25-17-2-4-18(5-3-17)27-32(29,30)19-12-15(22)11-16(23)13-19/h2-5,10-13,27H,6-9H2,1H3,(H,24,25,26). The van der Waals surface area contributed by atoms with E-state index in [0.29, 0.717) is 30.9 Å². The molecule has 8 nitrogen and oxygen atoms in total. The van der Waals surface area contributed by atoms with Crippen molar-refractivity contribution in [2.45, 2.75) is 11.8 Å². The van der Waals surface area contributed by atoms with Crippen LogP contribution in [0.3, 0.4) is 0 Å². The number of benzene rings is 2. The second kappa shape index (κ2) is 9.05. The summed E-state index contributed by atoms with van der Waals surface area (Å²) in [5.74, 6) is -0.732. The quantitative estimate of drug-likeness (QED) is 0.581. The van der Waals surface area contributed by atoms with E-state index in [4.69, 9.17) is 4.74 Å². The van der Waals surface area contributed by atoms with E-state index < -0.39 is 26.6 Å². The number of anilines is 4. The number of hydrogen-bond donors (Lipinski definition) is 2. The third-order valence-electron chi connectivity index (χ3n) is 4.72. The van der Waals surface area contributed by atoms with Crippen molar-refractivity contribution in [1.82, 2.24) is 9.97 Å². The molecule has 11 heteroatoms. The molecule has 0 atom stereocenters. The predicted octanol–water partition coefficient (Wildman–Crippen LogP) is 3.44. The first-order valence-corrected chi connectivity index (χ1v) is 11.3. The summed E-state index contributed by atoms with van der Waals surface area (Å²) in [7, 11) is -4.14. The largest absolute Gasteiger partial charge is 0.378 e. The summed E-state index contributed by atoms with van der Waals surface area (Å²) < 4.78 is 59.2. The van der Waals surface area contributed by atoms with Crippen molar-refractivity contribution in [3.8, 4) is 0 Å². The number of hydrogen-bond acceptors (Lipinski definition) is 7. The first kappa shape index (κ1) is 21.9. The number of sulfonamides is 1. The van der Waals surface area contributed by atoms with Crippen LogP contribution in [0.15, 0.2) is 53.4 Å². The van der Waals surface area contributed by atoms with E-state index in [9.17, 15) is 17.2 Å². The minimum atomic E-state index is -4.14. The number of ether oxygens (including phenoxy) is 1. The van der Waals surface area contributed by atoms with Crippen LogP contribution in [0.4, 0.5) is 31.9 Å². The van der Waals surface area contributed by atoms with Crippen LogP contribution in [0.5, 0.6) is 0 Å². The number of rotatable bonds is 6. The molecule has 0 spiro atoms. The molecule has 2 aromatic carbocycles. The van der Waals surface area contributed by atoms with Gasteiger partial charge in [0.25, 0.3) is 10.0 Å². The predicted molar refractivity (Wildman–Crippen MR) is 117 cm³/mol. The average Bonchev–Trinajstić information content (AvgIpc) is 2.74. The topological polar surface area (TPSA) is 96.5 Å². The van der Waals surface area contributed by atoms with Gasteiger partial charge in [0.05, 0.1) is 18.1 Å². The van der Waals surface area contributed by atoms with Crippen molar-refractivity contribution in [2.24, 2.45) is 0 Å². The molecule has 1 aliphatic heterocycles. The minimum absolute atomic E-state index is 0.236. The SMILES string of the molecule is Cc1cc(N2CCOCC2)nc(Nc2ccc(NS(=O)(=O)c3cc(F)cc(F)c3)cc2)n1. The van der Waals surface area contributed by atoms with E-state index in [0.717, 1.165) is 36.7 Å². The zero-order valence-electron chi connectivity index (χ0n) is 17.2. The van der Waals surface area contributed by atoms with Crippen molar-refractivity contribution in [2.75, 3.05) is 41.2 Å². The Hall–Kier alpha value is -3.31. The van der Waals surface area contributed by atoms with E-state index in [1.165, 1.54) is 12.1 Å². The minimum Gasteiger partial charge on any atom is -0.378 e. The molecule has 32 heavy (non-hydrogen) atoms. The van der Waals surface area contributed by atoms with E-state index in [1.807, 2.05) is 13.0 Å². The third-order valence-corrected chi connectivity index (χ3v) is 6.08. The number of morpholine rings is 1. The van der Waals surface area contributed by atoms with Crippen LogP contribution in [-0.2, 0) is 14.8 Å². The fourth-order valence-electron chi connectivity index (χ4n) is 3.21. The maximum absolute atomic E-state index is 13.4. The smallest absolute Gasteiger partial charge is 0.262 e. The number of aryl methyl sites for hydroxylation is 1. The van der Waals surface area contributed by atoms with E-state index in [1.54, 1.807) is 12.1 Å². The van der Waals surface area contributed by atoms with Gasteiger partial charge in [0.1, 0.15) is 17.5 Å². The van der Waals surface area contributed by atoms with Gasteiger partial charge in [-0.3, -0.25) is 4.72 Å². The van der Waals surface area contributed by atoms with Crippen molar-refractivity contribution >= 4 is 33.2 Å². The van der Waals surface area contributed by atoms with E-state index in [2.05, 4.69) is 24.9 Å². The molecule has 3 aromatic rings. The van der Waals surface area contributed by atoms with Crippen LogP contribution >= 0.6 is 0 Å². The van der Waals surface area contributed by atoms with E-state index in [-0.39, 0.29) is 5.69 Å². The molecule has 2 heterocycles. The van der Waals surface area contributed by atoms with Crippen LogP contribution in [0.1, 0.15) is 5.69 Å². The van der Waals surface area contributed by atoms with Gasteiger partial charge in [0, 0.05) is 42.3 Å². The Labute approximate surface area is 184 Å². The lowest BCUT2D eigenvalue weighted by atomic mass is 10.3. The zero-order valence-corrected chi connectivity index (χ0v) is 18.0. The fourth-order valence-corrected chi connectivity index (χ4v) is 4.31. The second-order valence-electron chi connectivity index (χ2n) is 7.20. The summed E-state index contributed by atoms with van der Waals surface area (Å²) in [4.78, 5) is 10.6. The molecular weight excluding hydrogens is 440 g/mol. The van der Waals surface area contributed by atoms with Gasteiger partial charge in [0.2, 0.25) is 5.95 Å². The Morgan fingerprint density at radius 1 is 0.938 bits per heavy atom. The Balaban J connectivity index is 1.48. The summed E-state index contributed by atoms with van der Waals surface area (Å²) in [5.41, 5.74) is 1.68. The van der Waals surface area contributed by atoms with Crippen molar-refractivity contribution in [3.63, 3.8) is 0 Å². The van der Waals surface area contributed by atoms with Gasteiger partial charge < -0.3 is 15.0 Å². The molecule has 0 radical (unpaired) electrons. The van der Waals surface area contributed by atoms with Crippen LogP contribution < -0.4 is 14.9 Å². The zero-order chi connectivity index (χ0) is 22.7. The summed E-state index contributed by atoms with van der Waals surface area (Å²) in [6.07, 6.45) is 0. The van der Waals surface area contributed by atoms with Gasteiger partial charge in [-0.2, -0.15) is 4.98 Å². The van der Waals surface area contributed by atoms with Gasteiger partial charge in [-0.05, 0) is 43.3 Å². The molecule has 2 N–H and O–H groups in total. The van der Waals surface area contributed by atoms with Crippen molar-refractivity contribution in [1.29, 1.82) is 0 Å². The summed E-state index contributed by atoms with van der Waals surface area (Å²) >= 11 is 0. The number of nitrogens with one attached hydrogen (secondary N) is 2. The van der Waals surface area contributed by atoms with Crippen LogP contribution in [0.25, 0.3) is 0 Å². The first-order valence-electron chi connectivity index (χ1n) is 9.83. The van der Waals surface area contributed by atoms with Gasteiger partial charge in [-0.15, -0.1) is 0 Å². The highest BCUT2D eigenvalue weighted by Gasteiger charge is 2.17. The van der Waals surface area contributed by atoms with Crippen LogP contribution in [0.2, 0.25) is 0 Å². The Morgan fingerprint density at radius 2 is 1.56 bits per heavy atom. The molecule has 0 saturated carbocycles. The van der Waals surface area contributed by atoms with Crippen LogP contribution in [0, 0.1) is 18.6 Å². The fraction of sp³-hybridized carbons (Fsp3) is 0.238. The summed E-state index contributed by atoms with van der Waals surface area (Å²) in [6, 6.07) is 10.3. The van der Waals surface area contributed by atoms with Gasteiger partial charge in [-0.25, -0.2) is 22.2 Å². The Kier molecular flexibility index (Phi) is 6.19. The van der Waals surface area contributed by atoms with Gasteiger partial charge in [0.15, 0.2) is 0 Å². The normalized spacial score (nSPS) is 14.3. The number of nitrogens with zero attached hydrogens (tertiary/aromatic N) is 3. The molecular formula is C21H21F2N5O3S. The molecule has 4 rings (SSSR count). The molecule has 0 bridgehead atoms. The maximum atomic E-state index is 13.4. The molecule has 0 unspecified atom stereocenters. The first-order chi connectivity index (χ1) is 15.3. The monoisotopic (exact) mass is 461 g/mol. The third kappa shape index (κ3) is 5.29. The lowest BCUT2D eigenvalue weighted by molar-refractivity contribution is 0.122. The summed E-state index contributed by atoms with van der Waals surface area (Å²) in [6.45, 7) is 4.67. The highest BCUT2D eigenvalue weighted by Crippen LogP contribution is 2.23. The molecule has 168 valence electrons. The van der Waals surface area contributed by atoms with Crippen molar-refractivity contribution in [3.05, 3.63) is 65.9 Å². The summed E-state index contributed by atoms with van der Waals surface area (Å²) in [5, 5.41) is 3.10. The lowest BCUT2D eigenvalue weighted by Gasteiger charge is -2.28. The molecule has 1 saturated heterocycles. The Bertz CT molecular complexity index is 1200. The molecule has 1 aromatic heterocycles. The van der Waals surface area contributed by atoms with Gasteiger partial charge in [-0.1, -0.05) is 0 Å². The molecule has 0 amide bonds. The van der Waals surface area contributed by atoms with E-state index >= 15 is 0 Å². The second-order valence-corrected chi connectivity index (χ2v) is 8.89. The molecule has 0 aliphatic carbocycles. The van der Waals surface area contributed by atoms with Crippen LogP contribution in [-0.4, -0.2) is 44.7 Å². The number of halogens is 2.